The third-order valence-corrected chi connectivity index (χ3v) is 5.73. The first-order valence-electron chi connectivity index (χ1n) is 10.3. The summed E-state index contributed by atoms with van der Waals surface area (Å²) >= 11 is 0. The van der Waals surface area contributed by atoms with Crippen LogP contribution in [0.15, 0.2) is 48.5 Å². The van der Waals surface area contributed by atoms with E-state index < -0.39 is 0 Å². The van der Waals surface area contributed by atoms with Gasteiger partial charge in [0.25, 0.3) is 0 Å². The molecule has 1 aliphatic rings. The molecule has 29 heavy (non-hydrogen) atoms. The number of methoxy groups -OCH3 is 1. The molecule has 6 heteroatoms. The van der Waals surface area contributed by atoms with Crippen molar-refractivity contribution in [3.8, 4) is 5.75 Å². The second kappa shape index (κ2) is 8.55. The summed E-state index contributed by atoms with van der Waals surface area (Å²) in [5.74, 6) is 2.05. The van der Waals surface area contributed by atoms with Gasteiger partial charge in [0.15, 0.2) is 0 Å². The second-order valence-corrected chi connectivity index (χ2v) is 7.47. The first-order chi connectivity index (χ1) is 14.2. The Kier molecular flexibility index (Phi) is 5.69. The summed E-state index contributed by atoms with van der Waals surface area (Å²) in [5.41, 5.74) is 3.28. The molecule has 0 saturated carbocycles. The molecule has 2 aromatic carbocycles. The topological polar surface area (TPSA) is 59.4 Å². The molecular formula is C23H28N4O2. The predicted octanol–water partition coefficient (Wildman–Crippen LogP) is 3.60. The van der Waals surface area contributed by atoms with E-state index in [1.165, 1.54) is 5.52 Å². The fourth-order valence-corrected chi connectivity index (χ4v) is 4.03. The average molecular weight is 393 g/mol. The number of benzene rings is 2. The molecule has 3 aromatic rings. The van der Waals surface area contributed by atoms with E-state index in [0.29, 0.717) is 6.54 Å². The van der Waals surface area contributed by atoms with Crippen molar-refractivity contribution >= 4 is 22.9 Å². The van der Waals surface area contributed by atoms with Gasteiger partial charge in [0.1, 0.15) is 5.75 Å². The molecule has 1 N–H and O–H groups in total. The highest BCUT2D eigenvalue weighted by Gasteiger charge is 2.27. The molecule has 2 heterocycles. The molecular weight excluding hydrogens is 364 g/mol. The summed E-state index contributed by atoms with van der Waals surface area (Å²) in [6.07, 6.45) is 1.70. The van der Waals surface area contributed by atoms with Crippen LogP contribution in [0.3, 0.4) is 0 Å². The predicted molar refractivity (Wildman–Crippen MR) is 115 cm³/mol. The van der Waals surface area contributed by atoms with E-state index >= 15 is 0 Å². The Hall–Kier alpha value is -3.02. The standard InChI is InChI=1S/C23H28N4O2/c1-3-27-21-7-5-4-6-20(21)25-23(27)26-14-12-18(13-15-26)22(28)24-16-17-8-10-19(29-2)11-9-17/h4-11,18H,3,12-16H2,1-2H3,(H,24,28). The van der Waals surface area contributed by atoms with Crippen LogP contribution in [0, 0.1) is 5.92 Å². The highest BCUT2D eigenvalue weighted by atomic mass is 16.5. The number of ether oxygens (including phenoxy) is 1. The number of piperidine rings is 1. The smallest absolute Gasteiger partial charge is 0.223 e. The van der Waals surface area contributed by atoms with Crippen LogP contribution in [0.2, 0.25) is 0 Å². The minimum atomic E-state index is 0.0592. The van der Waals surface area contributed by atoms with Crippen LogP contribution in [-0.2, 0) is 17.9 Å². The molecule has 0 aliphatic carbocycles. The number of para-hydroxylation sites is 2. The number of anilines is 1. The van der Waals surface area contributed by atoms with Crippen LogP contribution in [0.1, 0.15) is 25.3 Å². The molecule has 6 nitrogen and oxygen atoms in total. The molecule has 0 atom stereocenters. The Morgan fingerprint density at radius 3 is 2.55 bits per heavy atom. The van der Waals surface area contributed by atoms with Gasteiger partial charge in [-0.25, -0.2) is 4.98 Å². The molecule has 0 spiro atoms. The van der Waals surface area contributed by atoms with Gasteiger partial charge < -0.3 is 19.5 Å². The number of carbonyl (C=O) groups is 1. The molecule has 1 saturated heterocycles. The zero-order valence-electron chi connectivity index (χ0n) is 17.1. The summed E-state index contributed by atoms with van der Waals surface area (Å²) in [6.45, 7) is 5.29. The van der Waals surface area contributed by atoms with E-state index in [2.05, 4.69) is 39.9 Å². The van der Waals surface area contributed by atoms with Crippen molar-refractivity contribution in [2.24, 2.45) is 5.92 Å². The largest absolute Gasteiger partial charge is 0.497 e. The van der Waals surface area contributed by atoms with Gasteiger partial charge in [-0.1, -0.05) is 24.3 Å². The number of nitrogens with zero attached hydrogens (tertiary/aromatic N) is 3. The number of imidazole rings is 1. The van der Waals surface area contributed by atoms with Crippen molar-refractivity contribution in [3.05, 3.63) is 54.1 Å². The van der Waals surface area contributed by atoms with E-state index in [1.807, 2.05) is 30.3 Å². The Morgan fingerprint density at radius 1 is 1.14 bits per heavy atom. The molecule has 4 rings (SSSR count). The average Bonchev–Trinajstić information content (AvgIpc) is 3.16. The van der Waals surface area contributed by atoms with Crippen LogP contribution in [0.25, 0.3) is 11.0 Å². The minimum absolute atomic E-state index is 0.0592. The lowest BCUT2D eigenvalue weighted by Gasteiger charge is -2.32. The lowest BCUT2D eigenvalue weighted by Crippen LogP contribution is -2.41. The third kappa shape index (κ3) is 4.06. The van der Waals surface area contributed by atoms with Gasteiger partial charge in [0.2, 0.25) is 11.9 Å². The monoisotopic (exact) mass is 392 g/mol. The van der Waals surface area contributed by atoms with Crippen LogP contribution < -0.4 is 15.0 Å². The Labute approximate surface area is 171 Å². The normalized spacial score (nSPS) is 14.9. The highest BCUT2D eigenvalue weighted by Crippen LogP contribution is 2.27. The first-order valence-corrected chi connectivity index (χ1v) is 10.3. The van der Waals surface area contributed by atoms with Crippen molar-refractivity contribution < 1.29 is 9.53 Å². The number of aromatic nitrogens is 2. The number of nitrogens with one attached hydrogen (secondary N) is 1. The first kappa shape index (κ1) is 19.3. The van der Waals surface area contributed by atoms with E-state index in [-0.39, 0.29) is 11.8 Å². The molecule has 0 bridgehead atoms. The van der Waals surface area contributed by atoms with Crippen molar-refractivity contribution in [2.75, 3.05) is 25.1 Å². The van der Waals surface area contributed by atoms with E-state index in [1.54, 1.807) is 7.11 Å². The SMILES string of the molecule is CCn1c(N2CCC(C(=O)NCc3ccc(OC)cc3)CC2)nc2ccccc21. The number of amides is 1. The number of carbonyl (C=O) groups excluding carboxylic acids is 1. The lowest BCUT2D eigenvalue weighted by atomic mass is 9.96. The second-order valence-electron chi connectivity index (χ2n) is 7.47. The maximum absolute atomic E-state index is 12.6. The highest BCUT2D eigenvalue weighted by molar-refractivity contribution is 5.80. The van der Waals surface area contributed by atoms with Crippen LogP contribution >= 0.6 is 0 Å². The molecule has 1 fully saturated rings. The lowest BCUT2D eigenvalue weighted by molar-refractivity contribution is -0.125. The Bertz CT molecular complexity index is 972. The van der Waals surface area contributed by atoms with Crippen molar-refractivity contribution in [2.45, 2.75) is 32.9 Å². The zero-order chi connectivity index (χ0) is 20.2. The number of hydrogen-bond acceptors (Lipinski definition) is 4. The summed E-state index contributed by atoms with van der Waals surface area (Å²) in [6, 6.07) is 16.1. The molecule has 1 aliphatic heterocycles. The van der Waals surface area contributed by atoms with Crippen molar-refractivity contribution in [1.29, 1.82) is 0 Å². The number of hydrogen-bond donors (Lipinski definition) is 1. The molecule has 0 radical (unpaired) electrons. The third-order valence-electron chi connectivity index (χ3n) is 5.73. The maximum Gasteiger partial charge on any atom is 0.223 e. The fourth-order valence-electron chi connectivity index (χ4n) is 4.03. The van der Waals surface area contributed by atoms with E-state index in [4.69, 9.17) is 9.72 Å². The molecule has 152 valence electrons. The fraction of sp³-hybridized carbons (Fsp3) is 0.391. The minimum Gasteiger partial charge on any atom is -0.497 e. The Morgan fingerprint density at radius 2 is 1.86 bits per heavy atom. The zero-order valence-corrected chi connectivity index (χ0v) is 17.1. The van der Waals surface area contributed by atoms with Crippen LogP contribution in [-0.4, -0.2) is 35.7 Å². The quantitative estimate of drug-likeness (QED) is 0.696. The number of fused-ring (bicyclic) bond motifs is 1. The van der Waals surface area contributed by atoms with Crippen molar-refractivity contribution in [3.63, 3.8) is 0 Å². The maximum atomic E-state index is 12.6. The van der Waals surface area contributed by atoms with Gasteiger partial charge in [-0.2, -0.15) is 0 Å². The molecule has 1 amide bonds. The van der Waals surface area contributed by atoms with E-state index in [0.717, 1.165) is 55.3 Å². The Balaban J connectivity index is 1.35. The molecule has 1 aromatic heterocycles. The number of aryl methyl sites for hydroxylation is 1. The summed E-state index contributed by atoms with van der Waals surface area (Å²) in [7, 11) is 1.65. The van der Waals surface area contributed by atoms with Gasteiger partial charge in [0.05, 0.1) is 18.1 Å². The van der Waals surface area contributed by atoms with Crippen molar-refractivity contribution in [1.82, 2.24) is 14.9 Å². The van der Waals surface area contributed by atoms with Gasteiger partial charge in [0, 0.05) is 32.1 Å². The molecule has 0 unspecified atom stereocenters. The van der Waals surface area contributed by atoms with Crippen LogP contribution in [0.4, 0.5) is 5.95 Å². The van der Waals surface area contributed by atoms with Crippen LogP contribution in [0.5, 0.6) is 5.75 Å². The van der Waals surface area contributed by atoms with E-state index in [9.17, 15) is 4.79 Å². The van der Waals surface area contributed by atoms with Gasteiger partial charge in [-0.3, -0.25) is 4.79 Å². The number of rotatable bonds is 6. The summed E-state index contributed by atoms with van der Waals surface area (Å²) in [4.78, 5) is 19.8. The van der Waals surface area contributed by atoms with Gasteiger partial charge in [-0.15, -0.1) is 0 Å². The van der Waals surface area contributed by atoms with Gasteiger partial charge in [-0.05, 0) is 49.6 Å². The summed E-state index contributed by atoms with van der Waals surface area (Å²) in [5, 5.41) is 3.09. The van der Waals surface area contributed by atoms with Gasteiger partial charge >= 0.3 is 0 Å². The summed E-state index contributed by atoms with van der Waals surface area (Å²) < 4.78 is 7.44.